The molecule has 1 aliphatic rings. The van der Waals surface area contributed by atoms with Crippen LogP contribution in [0.5, 0.6) is 5.75 Å². The third-order valence-corrected chi connectivity index (χ3v) is 7.50. The van der Waals surface area contributed by atoms with Gasteiger partial charge in [0, 0.05) is 29.4 Å². The highest BCUT2D eigenvalue weighted by Crippen LogP contribution is 2.39. The molecule has 1 fully saturated rings. The molecular formula is C30H29F2N3O2. The first-order chi connectivity index (χ1) is 17.9. The molecule has 1 N–H and O–H groups in total. The van der Waals surface area contributed by atoms with Crippen LogP contribution in [0, 0.1) is 17.6 Å². The predicted octanol–water partition coefficient (Wildman–Crippen LogP) is 6.68. The van der Waals surface area contributed by atoms with E-state index in [1.165, 1.54) is 19.2 Å². The Balaban J connectivity index is 1.19. The van der Waals surface area contributed by atoms with Crippen LogP contribution in [0.1, 0.15) is 54.6 Å². The summed E-state index contributed by atoms with van der Waals surface area (Å²) in [6.07, 6.45) is 7.28. The Bertz CT molecular complexity index is 1420. The lowest BCUT2D eigenvalue weighted by molar-refractivity contribution is 0.0913. The molecule has 1 saturated carbocycles. The molecule has 2 heterocycles. The Morgan fingerprint density at radius 1 is 0.973 bits per heavy atom. The number of carbonyl (C=O) groups is 1. The molecule has 0 saturated heterocycles. The highest BCUT2D eigenvalue weighted by Gasteiger charge is 2.28. The van der Waals surface area contributed by atoms with Gasteiger partial charge in [-0.1, -0.05) is 12.1 Å². The Morgan fingerprint density at radius 2 is 1.76 bits per heavy atom. The summed E-state index contributed by atoms with van der Waals surface area (Å²) in [5.41, 5.74) is 3.67. The number of benzene rings is 2. The summed E-state index contributed by atoms with van der Waals surface area (Å²) in [6.45, 7) is 2.04. The van der Waals surface area contributed by atoms with Crippen molar-refractivity contribution in [3.8, 4) is 16.9 Å². The third-order valence-electron chi connectivity index (χ3n) is 7.50. The number of pyridine rings is 2. The highest BCUT2D eigenvalue weighted by molar-refractivity contribution is 5.92. The fourth-order valence-electron chi connectivity index (χ4n) is 5.37. The van der Waals surface area contributed by atoms with Crippen molar-refractivity contribution in [1.29, 1.82) is 0 Å². The lowest BCUT2D eigenvalue weighted by Crippen LogP contribution is -2.39. The van der Waals surface area contributed by atoms with Crippen LogP contribution >= 0.6 is 0 Å². The first-order valence-electron chi connectivity index (χ1n) is 12.6. The molecule has 4 aromatic rings. The molecule has 2 aromatic heterocycles. The van der Waals surface area contributed by atoms with Crippen LogP contribution in [0.3, 0.4) is 0 Å². The monoisotopic (exact) mass is 501 g/mol. The Labute approximate surface area is 214 Å². The van der Waals surface area contributed by atoms with Gasteiger partial charge < -0.3 is 10.1 Å². The van der Waals surface area contributed by atoms with E-state index in [4.69, 9.17) is 4.74 Å². The molecule has 0 spiro atoms. The molecule has 37 heavy (non-hydrogen) atoms. The van der Waals surface area contributed by atoms with Crippen molar-refractivity contribution in [1.82, 2.24) is 15.3 Å². The molecule has 0 unspecified atom stereocenters. The molecule has 7 heteroatoms. The zero-order valence-corrected chi connectivity index (χ0v) is 20.9. The number of carbonyl (C=O) groups excluding carboxylic acids is 1. The van der Waals surface area contributed by atoms with E-state index in [9.17, 15) is 13.6 Å². The van der Waals surface area contributed by atoms with E-state index in [0.29, 0.717) is 28.7 Å². The quantitative estimate of drug-likeness (QED) is 0.320. The molecule has 1 aliphatic carbocycles. The summed E-state index contributed by atoms with van der Waals surface area (Å²) in [4.78, 5) is 21.5. The summed E-state index contributed by atoms with van der Waals surface area (Å²) in [7, 11) is 1.42. The molecule has 0 aliphatic heterocycles. The Morgan fingerprint density at radius 3 is 2.46 bits per heavy atom. The summed E-state index contributed by atoms with van der Waals surface area (Å²) in [5.74, 6) is -0.0364. The van der Waals surface area contributed by atoms with Crippen molar-refractivity contribution in [2.75, 3.05) is 7.11 Å². The van der Waals surface area contributed by atoms with Crippen LogP contribution in [0.15, 0.2) is 67.0 Å². The number of rotatable bonds is 6. The van der Waals surface area contributed by atoms with Gasteiger partial charge in [0.1, 0.15) is 11.5 Å². The summed E-state index contributed by atoms with van der Waals surface area (Å²) < 4.78 is 32.9. The van der Waals surface area contributed by atoms with Gasteiger partial charge in [-0.05, 0) is 98.0 Å². The number of hydrogen-bond donors (Lipinski definition) is 1. The van der Waals surface area contributed by atoms with Gasteiger partial charge in [-0.3, -0.25) is 14.8 Å². The molecule has 0 radical (unpaired) electrons. The van der Waals surface area contributed by atoms with Crippen LogP contribution in [0.2, 0.25) is 0 Å². The number of nitrogens with zero attached hydrogens (tertiary/aromatic N) is 2. The second-order valence-electron chi connectivity index (χ2n) is 9.72. The average Bonchev–Trinajstić information content (AvgIpc) is 2.92. The van der Waals surface area contributed by atoms with Crippen LogP contribution in [-0.2, 0) is 0 Å². The molecule has 1 amide bonds. The number of halogens is 2. The molecule has 5 nitrogen and oxygen atoms in total. The van der Waals surface area contributed by atoms with E-state index in [0.717, 1.165) is 42.1 Å². The number of amides is 1. The number of ether oxygens (including phenoxy) is 1. The Kier molecular flexibility index (Phi) is 7.12. The van der Waals surface area contributed by atoms with Crippen molar-refractivity contribution in [3.05, 3.63) is 89.9 Å². The number of fused-ring (bicyclic) bond motifs is 1. The molecule has 1 atom stereocenters. The van der Waals surface area contributed by atoms with Crippen molar-refractivity contribution in [3.63, 3.8) is 0 Å². The van der Waals surface area contributed by atoms with Gasteiger partial charge >= 0.3 is 0 Å². The van der Waals surface area contributed by atoms with Crippen molar-refractivity contribution < 1.29 is 18.3 Å². The molecule has 0 bridgehead atoms. The van der Waals surface area contributed by atoms with Gasteiger partial charge in [-0.25, -0.2) is 8.78 Å². The SMILES string of the molecule is COc1ccc(-c2ccc(C(=O)N[C@H](C)C3CCC(c4ccnc5ccc(F)cc45)CC3)nc2)cc1F. The zero-order valence-electron chi connectivity index (χ0n) is 20.9. The Hall–Kier alpha value is -3.87. The number of nitrogens with one attached hydrogen (secondary N) is 1. The van der Waals surface area contributed by atoms with E-state index in [2.05, 4.69) is 15.3 Å². The van der Waals surface area contributed by atoms with Crippen molar-refractivity contribution in [2.24, 2.45) is 5.92 Å². The standard InChI is InChI=1S/C30H29F2N3O2/c1-18(19-3-5-20(6-4-19)24-13-14-33-27-11-9-23(31)16-25(24)27)35-30(36)28-10-7-22(17-34-28)21-8-12-29(37-2)26(32)15-21/h7-20H,3-6H2,1-2H3,(H,35,36)/t18-,19?,20?/m1/s1. The van der Waals surface area contributed by atoms with Gasteiger partial charge in [-0.2, -0.15) is 0 Å². The largest absolute Gasteiger partial charge is 0.494 e. The van der Waals surface area contributed by atoms with Gasteiger partial charge in [0.2, 0.25) is 0 Å². The predicted molar refractivity (Wildman–Crippen MR) is 140 cm³/mol. The van der Waals surface area contributed by atoms with Gasteiger partial charge in [0.15, 0.2) is 11.6 Å². The van der Waals surface area contributed by atoms with E-state index >= 15 is 0 Å². The minimum Gasteiger partial charge on any atom is -0.494 e. The maximum absolute atomic E-state index is 14.0. The van der Waals surface area contributed by atoms with Crippen molar-refractivity contribution >= 4 is 16.8 Å². The smallest absolute Gasteiger partial charge is 0.270 e. The van der Waals surface area contributed by atoms with E-state index < -0.39 is 5.82 Å². The lowest BCUT2D eigenvalue weighted by atomic mass is 9.75. The minimum absolute atomic E-state index is 0.00256. The van der Waals surface area contributed by atoms with E-state index in [-0.39, 0.29) is 23.5 Å². The first kappa shape index (κ1) is 24.8. The van der Waals surface area contributed by atoms with Crippen molar-refractivity contribution in [2.45, 2.75) is 44.6 Å². The van der Waals surface area contributed by atoms with Gasteiger partial charge in [-0.15, -0.1) is 0 Å². The topological polar surface area (TPSA) is 64.1 Å². The molecular weight excluding hydrogens is 472 g/mol. The van der Waals surface area contributed by atoms with E-state index in [1.807, 2.05) is 13.0 Å². The molecule has 5 rings (SSSR count). The summed E-state index contributed by atoms with van der Waals surface area (Å²) in [5, 5.41) is 3.99. The van der Waals surface area contributed by atoms with Crippen LogP contribution < -0.4 is 10.1 Å². The highest BCUT2D eigenvalue weighted by atomic mass is 19.1. The van der Waals surface area contributed by atoms with Gasteiger partial charge in [0.05, 0.1) is 12.6 Å². The van der Waals surface area contributed by atoms with E-state index in [1.54, 1.807) is 48.8 Å². The summed E-state index contributed by atoms with van der Waals surface area (Å²) >= 11 is 0. The lowest BCUT2D eigenvalue weighted by Gasteiger charge is -2.33. The average molecular weight is 502 g/mol. The normalized spacial score (nSPS) is 18.4. The maximum Gasteiger partial charge on any atom is 0.270 e. The maximum atomic E-state index is 14.0. The second kappa shape index (κ2) is 10.6. The minimum atomic E-state index is -0.449. The number of hydrogen-bond acceptors (Lipinski definition) is 4. The van der Waals surface area contributed by atoms with Crippen LogP contribution in [0.4, 0.5) is 8.78 Å². The summed E-state index contributed by atoms with van der Waals surface area (Å²) in [6, 6.07) is 14.9. The number of methoxy groups -OCH3 is 1. The number of aromatic nitrogens is 2. The zero-order chi connectivity index (χ0) is 25.9. The molecule has 2 aromatic carbocycles. The van der Waals surface area contributed by atoms with Crippen LogP contribution in [0.25, 0.3) is 22.0 Å². The van der Waals surface area contributed by atoms with Gasteiger partial charge in [0.25, 0.3) is 5.91 Å². The fourth-order valence-corrected chi connectivity index (χ4v) is 5.37. The first-order valence-corrected chi connectivity index (χ1v) is 12.6. The second-order valence-corrected chi connectivity index (χ2v) is 9.72. The fraction of sp³-hybridized carbons (Fsp3) is 0.300. The van der Waals surface area contributed by atoms with Crippen LogP contribution in [-0.4, -0.2) is 29.0 Å². The molecule has 190 valence electrons. The third kappa shape index (κ3) is 5.31.